The van der Waals surface area contributed by atoms with Crippen molar-refractivity contribution in [2.24, 2.45) is 10.2 Å². The van der Waals surface area contributed by atoms with E-state index in [1.807, 2.05) is 12.1 Å². The lowest BCUT2D eigenvalue weighted by atomic mass is 9.98. The summed E-state index contributed by atoms with van der Waals surface area (Å²) in [6, 6.07) is 11.6. The number of nitrogens with zero attached hydrogens (tertiary/aromatic N) is 3. The Bertz CT molecular complexity index is 936. The van der Waals surface area contributed by atoms with Crippen LogP contribution in [0.25, 0.3) is 0 Å². The molecule has 1 aliphatic heterocycles. The van der Waals surface area contributed by atoms with Gasteiger partial charge in [0.05, 0.1) is 23.8 Å². The van der Waals surface area contributed by atoms with E-state index in [9.17, 15) is 13.5 Å². The van der Waals surface area contributed by atoms with E-state index >= 15 is 0 Å². The van der Waals surface area contributed by atoms with Gasteiger partial charge in [-0.2, -0.15) is 9.42 Å². The van der Waals surface area contributed by atoms with Gasteiger partial charge in [0.2, 0.25) is 10.0 Å². The Morgan fingerprint density at radius 3 is 2.43 bits per heavy atom. The highest BCUT2D eigenvalue weighted by atomic mass is 32.2. The molecule has 0 bridgehead atoms. The SMILES string of the molecule is CCC(C)c1ccc(O)c(N=Nc2ccc(S(=O)(=O)N3CCOCC3)cc2)c1. The molecule has 3 rings (SSSR count). The third-order valence-corrected chi connectivity index (χ3v) is 6.81. The summed E-state index contributed by atoms with van der Waals surface area (Å²) >= 11 is 0. The summed E-state index contributed by atoms with van der Waals surface area (Å²) in [5.74, 6) is 0.418. The average Bonchev–Trinajstić information content (AvgIpc) is 2.73. The fourth-order valence-electron chi connectivity index (χ4n) is 2.90. The van der Waals surface area contributed by atoms with Crippen LogP contribution in [0.15, 0.2) is 57.6 Å². The van der Waals surface area contributed by atoms with Gasteiger partial charge < -0.3 is 9.84 Å². The predicted octanol–water partition coefficient (Wildman–Crippen LogP) is 4.34. The normalized spacial score (nSPS) is 17.1. The van der Waals surface area contributed by atoms with Crippen LogP contribution in [0.2, 0.25) is 0 Å². The van der Waals surface area contributed by atoms with E-state index in [1.54, 1.807) is 18.2 Å². The molecule has 1 N–H and O–H groups in total. The van der Waals surface area contributed by atoms with Crippen molar-refractivity contribution in [2.75, 3.05) is 26.3 Å². The lowest BCUT2D eigenvalue weighted by Gasteiger charge is -2.26. The van der Waals surface area contributed by atoms with Crippen LogP contribution >= 0.6 is 0 Å². The smallest absolute Gasteiger partial charge is 0.243 e. The van der Waals surface area contributed by atoms with Gasteiger partial charge in [-0.25, -0.2) is 8.42 Å². The van der Waals surface area contributed by atoms with E-state index in [0.717, 1.165) is 12.0 Å². The second kappa shape index (κ2) is 8.81. The van der Waals surface area contributed by atoms with Gasteiger partial charge in [0.25, 0.3) is 0 Å². The average molecular weight is 404 g/mol. The number of phenols is 1. The zero-order chi connectivity index (χ0) is 20.1. The monoisotopic (exact) mass is 403 g/mol. The molecule has 0 spiro atoms. The first-order valence-corrected chi connectivity index (χ1v) is 10.8. The van der Waals surface area contributed by atoms with Crippen molar-refractivity contribution in [3.63, 3.8) is 0 Å². The molecule has 1 aliphatic rings. The minimum Gasteiger partial charge on any atom is -0.506 e. The summed E-state index contributed by atoms with van der Waals surface area (Å²) in [6.45, 7) is 5.74. The Labute approximate surface area is 165 Å². The van der Waals surface area contributed by atoms with Gasteiger partial charge >= 0.3 is 0 Å². The Morgan fingerprint density at radius 2 is 1.79 bits per heavy atom. The van der Waals surface area contributed by atoms with Gasteiger partial charge in [-0.1, -0.05) is 19.9 Å². The number of hydrogen-bond acceptors (Lipinski definition) is 6. The molecule has 1 heterocycles. The van der Waals surface area contributed by atoms with Crippen LogP contribution in [0.1, 0.15) is 31.7 Å². The second-order valence-electron chi connectivity index (χ2n) is 6.77. The molecule has 8 heteroatoms. The van der Waals surface area contributed by atoms with Crippen LogP contribution in [0.3, 0.4) is 0 Å². The van der Waals surface area contributed by atoms with E-state index in [2.05, 4.69) is 24.1 Å². The van der Waals surface area contributed by atoms with Crippen molar-refractivity contribution in [1.82, 2.24) is 4.31 Å². The second-order valence-corrected chi connectivity index (χ2v) is 8.71. The molecule has 28 heavy (non-hydrogen) atoms. The molecule has 0 radical (unpaired) electrons. The van der Waals surface area contributed by atoms with E-state index < -0.39 is 10.0 Å². The van der Waals surface area contributed by atoms with Crippen molar-refractivity contribution < 1.29 is 18.3 Å². The zero-order valence-corrected chi connectivity index (χ0v) is 16.9. The van der Waals surface area contributed by atoms with Crippen molar-refractivity contribution in [3.8, 4) is 5.75 Å². The third-order valence-electron chi connectivity index (χ3n) is 4.90. The van der Waals surface area contributed by atoms with Gasteiger partial charge in [0, 0.05) is 13.1 Å². The number of rotatable bonds is 6. The number of phenolic OH excluding ortho intramolecular Hbond substituents is 1. The minimum atomic E-state index is -3.53. The molecule has 0 aromatic heterocycles. The molecule has 1 fully saturated rings. The fourth-order valence-corrected chi connectivity index (χ4v) is 4.30. The Morgan fingerprint density at radius 1 is 1.11 bits per heavy atom. The number of azo groups is 1. The van der Waals surface area contributed by atoms with E-state index in [-0.39, 0.29) is 10.6 Å². The molecule has 0 saturated carbocycles. The molecule has 7 nitrogen and oxygen atoms in total. The number of ether oxygens (including phenoxy) is 1. The van der Waals surface area contributed by atoms with Gasteiger partial charge in [-0.3, -0.25) is 0 Å². The Kier molecular flexibility index (Phi) is 6.43. The molecule has 150 valence electrons. The van der Waals surface area contributed by atoms with Gasteiger partial charge in [0.1, 0.15) is 11.4 Å². The van der Waals surface area contributed by atoms with E-state index in [4.69, 9.17) is 4.74 Å². The first-order valence-electron chi connectivity index (χ1n) is 9.34. The first kappa shape index (κ1) is 20.4. The molecular weight excluding hydrogens is 378 g/mol. The van der Waals surface area contributed by atoms with Crippen molar-refractivity contribution in [2.45, 2.75) is 31.1 Å². The third kappa shape index (κ3) is 4.57. The lowest BCUT2D eigenvalue weighted by molar-refractivity contribution is 0.0730. The molecule has 1 unspecified atom stereocenters. The maximum Gasteiger partial charge on any atom is 0.243 e. The minimum absolute atomic E-state index is 0.0577. The van der Waals surface area contributed by atoms with Crippen molar-refractivity contribution in [1.29, 1.82) is 0 Å². The van der Waals surface area contributed by atoms with Gasteiger partial charge in [0.15, 0.2) is 0 Å². The largest absolute Gasteiger partial charge is 0.506 e. The highest BCUT2D eigenvalue weighted by molar-refractivity contribution is 7.89. The highest BCUT2D eigenvalue weighted by Crippen LogP contribution is 2.32. The quantitative estimate of drug-likeness (QED) is 0.726. The van der Waals surface area contributed by atoms with E-state index in [1.165, 1.54) is 16.4 Å². The Hall–Kier alpha value is -2.29. The van der Waals surface area contributed by atoms with Crippen LogP contribution in [0.5, 0.6) is 5.75 Å². The highest BCUT2D eigenvalue weighted by Gasteiger charge is 2.26. The fraction of sp³-hybridized carbons (Fsp3) is 0.400. The Balaban J connectivity index is 1.77. The maximum absolute atomic E-state index is 12.6. The van der Waals surface area contributed by atoms with E-state index in [0.29, 0.717) is 43.6 Å². The summed E-state index contributed by atoms with van der Waals surface area (Å²) in [6.07, 6.45) is 0.987. The maximum atomic E-state index is 12.6. The zero-order valence-electron chi connectivity index (χ0n) is 16.1. The van der Waals surface area contributed by atoms with Crippen LogP contribution in [-0.2, 0) is 14.8 Å². The van der Waals surface area contributed by atoms with Crippen LogP contribution in [0.4, 0.5) is 11.4 Å². The van der Waals surface area contributed by atoms with Crippen LogP contribution in [-0.4, -0.2) is 44.1 Å². The predicted molar refractivity (Wildman–Crippen MR) is 107 cm³/mol. The standard InChI is InChI=1S/C20H25N3O4S/c1-3-15(2)16-4-9-20(24)19(14-16)22-21-17-5-7-18(8-6-17)28(25,26)23-10-12-27-13-11-23/h4-9,14-15,24H,3,10-13H2,1-2H3. The summed E-state index contributed by atoms with van der Waals surface area (Å²) < 4.78 is 31.9. The van der Waals surface area contributed by atoms with Crippen LogP contribution in [0, 0.1) is 0 Å². The van der Waals surface area contributed by atoms with Crippen molar-refractivity contribution in [3.05, 3.63) is 48.0 Å². The molecular formula is C20H25N3O4S. The molecule has 1 atom stereocenters. The number of sulfonamides is 1. The van der Waals surface area contributed by atoms with Gasteiger partial charge in [-0.05, 0) is 54.3 Å². The lowest BCUT2D eigenvalue weighted by Crippen LogP contribution is -2.40. The number of benzene rings is 2. The first-order chi connectivity index (χ1) is 13.4. The summed E-state index contributed by atoms with van der Waals surface area (Å²) in [5.41, 5.74) is 1.98. The van der Waals surface area contributed by atoms with Crippen molar-refractivity contribution >= 4 is 21.4 Å². The number of hydrogen-bond donors (Lipinski definition) is 1. The molecule has 0 amide bonds. The molecule has 0 aliphatic carbocycles. The summed E-state index contributed by atoms with van der Waals surface area (Å²) in [4.78, 5) is 0.218. The molecule has 2 aromatic carbocycles. The summed E-state index contributed by atoms with van der Waals surface area (Å²) in [7, 11) is -3.53. The topological polar surface area (TPSA) is 91.6 Å². The number of aromatic hydroxyl groups is 1. The molecule has 1 saturated heterocycles. The number of morpholine rings is 1. The van der Waals surface area contributed by atoms with Crippen LogP contribution < -0.4 is 0 Å². The van der Waals surface area contributed by atoms with Gasteiger partial charge in [-0.15, -0.1) is 5.11 Å². The summed E-state index contributed by atoms with van der Waals surface area (Å²) in [5, 5.41) is 18.3. The molecule has 2 aromatic rings.